The quantitative estimate of drug-likeness (QED) is 0.767. The van der Waals surface area contributed by atoms with Crippen molar-refractivity contribution < 1.29 is 4.74 Å². The van der Waals surface area contributed by atoms with Crippen molar-refractivity contribution >= 4 is 32.9 Å². The van der Waals surface area contributed by atoms with Crippen LogP contribution in [-0.2, 0) is 6.61 Å². The van der Waals surface area contributed by atoms with Crippen molar-refractivity contribution in [3.05, 3.63) is 40.5 Å². The Morgan fingerprint density at radius 3 is 3.05 bits per heavy atom. The third kappa shape index (κ3) is 2.57. The molecule has 0 spiro atoms. The first-order valence-corrected chi connectivity index (χ1v) is 6.81. The average molecular weight is 334 g/mol. The largest absolute Gasteiger partial charge is 0.472 e. The van der Waals surface area contributed by atoms with Crippen LogP contribution in [0.15, 0.2) is 34.9 Å². The number of halogens is 1. The van der Waals surface area contributed by atoms with Gasteiger partial charge in [0, 0.05) is 11.5 Å². The number of ether oxygens (including phenoxy) is 1. The summed E-state index contributed by atoms with van der Waals surface area (Å²) in [5.41, 5.74) is 1.70. The minimum Gasteiger partial charge on any atom is -0.472 e. The lowest BCUT2D eigenvalue weighted by molar-refractivity contribution is 0.298. The fourth-order valence-corrected chi connectivity index (χ4v) is 2.26. The molecular weight excluding hydrogens is 322 g/mol. The van der Waals surface area contributed by atoms with Crippen molar-refractivity contribution in [1.29, 1.82) is 0 Å². The predicted molar refractivity (Wildman–Crippen MR) is 79.7 cm³/mol. The number of aromatic nitrogens is 4. The number of hydrogen-bond donors (Lipinski definition) is 2. The van der Waals surface area contributed by atoms with Gasteiger partial charge < -0.3 is 10.1 Å². The van der Waals surface area contributed by atoms with Crippen molar-refractivity contribution in [1.82, 2.24) is 20.2 Å². The van der Waals surface area contributed by atoms with Crippen molar-refractivity contribution in [2.24, 2.45) is 0 Å². The summed E-state index contributed by atoms with van der Waals surface area (Å²) in [5, 5.41) is 10.4. The van der Waals surface area contributed by atoms with Gasteiger partial charge in [-0.05, 0) is 17.7 Å². The van der Waals surface area contributed by atoms with E-state index in [1.165, 1.54) is 0 Å². The minimum atomic E-state index is 0.430. The summed E-state index contributed by atoms with van der Waals surface area (Å²) in [5.74, 6) is 0.999. The second kappa shape index (κ2) is 5.46. The summed E-state index contributed by atoms with van der Waals surface area (Å²) in [7, 11) is 1.76. The Labute approximate surface area is 123 Å². The van der Waals surface area contributed by atoms with Gasteiger partial charge >= 0.3 is 0 Å². The third-order valence-corrected chi connectivity index (χ3v) is 3.26. The van der Waals surface area contributed by atoms with Crippen LogP contribution >= 0.6 is 15.9 Å². The molecule has 7 heteroatoms. The fraction of sp³-hybridized carbons (Fsp3) is 0.154. The molecule has 1 aromatic carbocycles. The molecule has 20 heavy (non-hydrogen) atoms. The Morgan fingerprint density at radius 1 is 1.35 bits per heavy atom. The number of aromatic amines is 1. The standard InChI is InChI=1S/C13H12BrN5O/c1-15-13-17-11-10(6-16-19-11)12(18-13)20-7-8-3-2-4-9(14)5-8/h2-6H,7H2,1H3,(H2,15,16,17,18,19). The van der Waals surface area contributed by atoms with Gasteiger partial charge in [-0.25, -0.2) is 0 Å². The van der Waals surface area contributed by atoms with E-state index in [1.54, 1.807) is 13.2 Å². The number of hydrogen-bond acceptors (Lipinski definition) is 5. The van der Waals surface area contributed by atoms with Crippen LogP contribution in [-0.4, -0.2) is 27.2 Å². The molecule has 0 amide bonds. The van der Waals surface area contributed by atoms with Crippen LogP contribution in [0, 0.1) is 0 Å². The van der Waals surface area contributed by atoms with E-state index >= 15 is 0 Å². The number of rotatable bonds is 4. The highest BCUT2D eigenvalue weighted by atomic mass is 79.9. The lowest BCUT2D eigenvalue weighted by Gasteiger charge is -2.08. The maximum atomic E-state index is 5.79. The smallest absolute Gasteiger partial charge is 0.229 e. The third-order valence-electron chi connectivity index (χ3n) is 2.76. The topological polar surface area (TPSA) is 75.7 Å². The molecule has 0 aliphatic carbocycles. The number of anilines is 1. The molecule has 0 aliphatic rings. The molecule has 0 atom stereocenters. The van der Waals surface area contributed by atoms with Gasteiger partial charge in [0.2, 0.25) is 11.8 Å². The minimum absolute atomic E-state index is 0.430. The molecular formula is C13H12BrN5O. The normalized spacial score (nSPS) is 10.7. The monoisotopic (exact) mass is 333 g/mol. The molecule has 102 valence electrons. The first-order chi connectivity index (χ1) is 9.76. The zero-order chi connectivity index (χ0) is 13.9. The summed E-state index contributed by atoms with van der Waals surface area (Å²) in [4.78, 5) is 8.57. The predicted octanol–water partition coefficient (Wildman–Crippen LogP) is 2.74. The zero-order valence-corrected chi connectivity index (χ0v) is 12.3. The van der Waals surface area contributed by atoms with Crippen LogP contribution in [0.3, 0.4) is 0 Å². The number of H-pyrrole nitrogens is 1. The van der Waals surface area contributed by atoms with Crippen molar-refractivity contribution in [3.63, 3.8) is 0 Å². The van der Waals surface area contributed by atoms with E-state index in [-0.39, 0.29) is 0 Å². The Hall–Kier alpha value is -2.15. The van der Waals surface area contributed by atoms with Gasteiger partial charge in [-0.15, -0.1) is 0 Å². The molecule has 0 aliphatic heterocycles. The fourth-order valence-electron chi connectivity index (χ4n) is 1.81. The molecule has 0 saturated carbocycles. The van der Waals surface area contributed by atoms with Gasteiger partial charge in [0.25, 0.3) is 0 Å². The molecule has 0 saturated heterocycles. The van der Waals surface area contributed by atoms with E-state index in [1.807, 2.05) is 24.3 Å². The number of benzene rings is 1. The van der Waals surface area contributed by atoms with Crippen LogP contribution in [0.1, 0.15) is 5.56 Å². The van der Waals surface area contributed by atoms with Crippen molar-refractivity contribution in [2.45, 2.75) is 6.61 Å². The van der Waals surface area contributed by atoms with Crippen LogP contribution in [0.5, 0.6) is 5.88 Å². The second-order valence-corrected chi connectivity index (χ2v) is 5.07. The Bertz CT molecular complexity index is 742. The van der Waals surface area contributed by atoms with E-state index in [2.05, 4.69) is 41.4 Å². The molecule has 0 bridgehead atoms. The van der Waals surface area contributed by atoms with E-state index in [4.69, 9.17) is 4.74 Å². The first kappa shape index (κ1) is 12.9. The molecule has 2 aromatic heterocycles. The van der Waals surface area contributed by atoms with E-state index in [0.29, 0.717) is 24.1 Å². The highest BCUT2D eigenvalue weighted by molar-refractivity contribution is 9.10. The summed E-state index contributed by atoms with van der Waals surface area (Å²) in [6.07, 6.45) is 1.66. The SMILES string of the molecule is CNc1nc(OCc2cccc(Br)c2)c2cn[nH]c2n1. The van der Waals surface area contributed by atoms with Gasteiger partial charge in [-0.3, -0.25) is 5.10 Å². The van der Waals surface area contributed by atoms with E-state index < -0.39 is 0 Å². The molecule has 2 heterocycles. The van der Waals surface area contributed by atoms with E-state index in [0.717, 1.165) is 15.4 Å². The molecule has 3 aromatic rings. The van der Waals surface area contributed by atoms with Crippen LogP contribution < -0.4 is 10.1 Å². The Kier molecular flexibility index (Phi) is 3.51. The first-order valence-electron chi connectivity index (χ1n) is 6.02. The highest BCUT2D eigenvalue weighted by Crippen LogP contribution is 2.23. The van der Waals surface area contributed by atoms with Gasteiger partial charge in [-0.1, -0.05) is 28.1 Å². The van der Waals surface area contributed by atoms with Crippen LogP contribution in [0.25, 0.3) is 11.0 Å². The van der Waals surface area contributed by atoms with Crippen LogP contribution in [0.4, 0.5) is 5.95 Å². The second-order valence-electron chi connectivity index (χ2n) is 4.15. The maximum absolute atomic E-state index is 5.79. The molecule has 6 nitrogen and oxygen atoms in total. The van der Waals surface area contributed by atoms with Crippen molar-refractivity contribution in [2.75, 3.05) is 12.4 Å². The maximum Gasteiger partial charge on any atom is 0.229 e. The average Bonchev–Trinajstić information content (AvgIpc) is 2.93. The summed E-state index contributed by atoms with van der Waals surface area (Å²) in [6, 6.07) is 7.95. The van der Waals surface area contributed by atoms with E-state index in [9.17, 15) is 0 Å². The molecule has 3 rings (SSSR count). The lowest BCUT2D eigenvalue weighted by atomic mass is 10.2. The molecule has 0 unspecified atom stereocenters. The van der Waals surface area contributed by atoms with Crippen molar-refractivity contribution in [3.8, 4) is 5.88 Å². The Balaban J connectivity index is 1.88. The number of fused-ring (bicyclic) bond motifs is 1. The summed E-state index contributed by atoms with van der Waals surface area (Å²) in [6.45, 7) is 0.430. The zero-order valence-electron chi connectivity index (χ0n) is 10.7. The van der Waals surface area contributed by atoms with Crippen LogP contribution in [0.2, 0.25) is 0 Å². The number of nitrogens with zero attached hydrogens (tertiary/aromatic N) is 3. The van der Waals surface area contributed by atoms with Gasteiger partial charge in [0.15, 0.2) is 5.65 Å². The van der Waals surface area contributed by atoms with Gasteiger partial charge in [0.05, 0.1) is 6.20 Å². The lowest BCUT2D eigenvalue weighted by Crippen LogP contribution is -2.02. The molecule has 0 fully saturated rings. The summed E-state index contributed by atoms with van der Waals surface area (Å²) >= 11 is 3.44. The summed E-state index contributed by atoms with van der Waals surface area (Å²) < 4.78 is 6.81. The van der Waals surface area contributed by atoms with Gasteiger partial charge in [-0.2, -0.15) is 15.1 Å². The Morgan fingerprint density at radius 2 is 2.25 bits per heavy atom. The number of nitrogens with one attached hydrogen (secondary N) is 2. The molecule has 0 radical (unpaired) electrons. The van der Waals surface area contributed by atoms with Gasteiger partial charge in [0.1, 0.15) is 12.0 Å². The molecule has 2 N–H and O–H groups in total. The highest BCUT2D eigenvalue weighted by Gasteiger charge is 2.10.